The summed E-state index contributed by atoms with van der Waals surface area (Å²) in [5.41, 5.74) is 5.94. The SMILES string of the molecule is Cc1ccc(Cn2nc(C)c(CCC(=O)N3CCNC[C@H]3C)c2C)cc1.Cl. The number of benzene rings is 1. The zero-order valence-electron chi connectivity index (χ0n) is 16.8. The lowest BCUT2D eigenvalue weighted by molar-refractivity contribution is -0.133. The lowest BCUT2D eigenvalue weighted by Crippen LogP contribution is -2.52. The highest BCUT2D eigenvalue weighted by molar-refractivity contribution is 5.85. The molecule has 1 aliphatic heterocycles. The molecule has 148 valence electrons. The minimum atomic E-state index is 0. The van der Waals surface area contributed by atoms with E-state index in [1.807, 2.05) is 11.8 Å². The highest BCUT2D eigenvalue weighted by Gasteiger charge is 2.23. The first-order valence-corrected chi connectivity index (χ1v) is 9.54. The van der Waals surface area contributed by atoms with Crippen molar-refractivity contribution in [3.8, 4) is 0 Å². The summed E-state index contributed by atoms with van der Waals surface area (Å²) < 4.78 is 2.06. The Morgan fingerprint density at radius 1 is 1.22 bits per heavy atom. The molecule has 0 radical (unpaired) electrons. The Morgan fingerprint density at radius 2 is 1.93 bits per heavy atom. The molecule has 6 heteroatoms. The largest absolute Gasteiger partial charge is 0.337 e. The van der Waals surface area contributed by atoms with Gasteiger partial charge in [0.05, 0.1) is 12.2 Å². The third-order valence-corrected chi connectivity index (χ3v) is 5.39. The molecule has 0 unspecified atom stereocenters. The van der Waals surface area contributed by atoms with Gasteiger partial charge in [0.25, 0.3) is 0 Å². The van der Waals surface area contributed by atoms with Crippen LogP contribution in [0.4, 0.5) is 0 Å². The fourth-order valence-corrected chi connectivity index (χ4v) is 3.70. The quantitative estimate of drug-likeness (QED) is 0.853. The summed E-state index contributed by atoms with van der Waals surface area (Å²) in [5.74, 6) is 0.254. The molecule has 0 aliphatic carbocycles. The van der Waals surface area contributed by atoms with Gasteiger partial charge in [-0.2, -0.15) is 5.10 Å². The molecular formula is C21H31ClN4O. The van der Waals surface area contributed by atoms with Gasteiger partial charge in [-0.3, -0.25) is 9.48 Å². The van der Waals surface area contributed by atoms with Gasteiger partial charge in [-0.1, -0.05) is 29.8 Å². The fourth-order valence-electron chi connectivity index (χ4n) is 3.70. The normalized spacial score (nSPS) is 16.9. The van der Waals surface area contributed by atoms with Crippen LogP contribution in [-0.4, -0.2) is 46.3 Å². The molecule has 1 amide bonds. The van der Waals surface area contributed by atoms with Gasteiger partial charge >= 0.3 is 0 Å². The van der Waals surface area contributed by atoms with Gasteiger partial charge in [0.15, 0.2) is 0 Å². The molecule has 0 spiro atoms. The van der Waals surface area contributed by atoms with Gasteiger partial charge in [0.1, 0.15) is 0 Å². The van der Waals surface area contributed by atoms with Crippen LogP contribution < -0.4 is 5.32 Å². The lowest BCUT2D eigenvalue weighted by Gasteiger charge is -2.34. The van der Waals surface area contributed by atoms with E-state index >= 15 is 0 Å². The Bertz CT molecular complexity index is 769. The zero-order chi connectivity index (χ0) is 18.7. The number of rotatable bonds is 5. The van der Waals surface area contributed by atoms with Crippen LogP contribution in [0.2, 0.25) is 0 Å². The maximum absolute atomic E-state index is 12.6. The van der Waals surface area contributed by atoms with Crippen molar-refractivity contribution in [1.82, 2.24) is 20.0 Å². The van der Waals surface area contributed by atoms with E-state index in [4.69, 9.17) is 5.10 Å². The van der Waals surface area contributed by atoms with Crippen molar-refractivity contribution in [2.45, 2.75) is 53.1 Å². The molecular weight excluding hydrogens is 360 g/mol. The van der Waals surface area contributed by atoms with Gasteiger partial charge in [-0.15, -0.1) is 12.4 Å². The summed E-state index contributed by atoms with van der Waals surface area (Å²) in [6.45, 7) is 11.7. The summed E-state index contributed by atoms with van der Waals surface area (Å²) in [4.78, 5) is 14.6. The Labute approximate surface area is 168 Å². The van der Waals surface area contributed by atoms with Crippen LogP contribution in [0.15, 0.2) is 24.3 Å². The van der Waals surface area contributed by atoms with E-state index in [1.54, 1.807) is 0 Å². The number of carbonyl (C=O) groups excluding carboxylic acids is 1. The first-order valence-electron chi connectivity index (χ1n) is 9.54. The average Bonchev–Trinajstić information content (AvgIpc) is 2.88. The number of carbonyl (C=O) groups is 1. The van der Waals surface area contributed by atoms with Gasteiger partial charge in [-0.25, -0.2) is 0 Å². The number of aryl methyl sites for hydroxylation is 2. The van der Waals surface area contributed by atoms with Crippen molar-refractivity contribution < 1.29 is 4.79 Å². The first-order chi connectivity index (χ1) is 12.5. The van der Waals surface area contributed by atoms with Crippen LogP contribution in [-0.2, 0) is 17.8 Å². The molecule has 1 atom stereocenters. The molecule has 2 heterocycles. The summed E-state index contributed by atoms with van der Waals surface area (Å²) in [6.07, 6.45) is 1.32. The number of aromatic nitrogens is 2. The Morgan fingerprint density at radius 3 is 2.59 bits per heavy atom. The maximum atomic E-state index is 12.6. The predicted octanol–water partition coefficient (Wildman–Crippen LogP) is 3.03. The first kappa shape index (κ1) is 21.5. The summed E-state index contributed by atoms with van der Waals surface area (Å²) in [5, 5.41) is 8.05. The van der Waals surface area contributed by atoms with Crippen LogP contribution in [0.5, 0.6) is 0 Å². The molecule has 5 nitrogen and oxygen atoms in total. The van der Waals surface area contributed by atoms with E-state index < -0.39 is 0 Å². The van der Waals surface area contributed by atoms with Gasteiger partial charge in [-0.05, 0) is 45.2 Å². The smallest absolute Gasteiger partial charge is 0.223 e. The van der Waals surface area contributed by atoms with Crippen LogP contribution in [0.3, 0.4) is 0 Å². The van der Waals surface area contributed by atoms with Gasteiger partial charge in [0.2, 0.25) is 5.91 Å². The van der Waals surface area contributed by atoms with Crippen LogP contribution in [0.25, 0.3) is 0 Å². The summed E-state index contributed by atoms with van der Waals surface area (Å²) in [6, 6.07) is 8.86. The number of halogens is 1. The number of nitrogens with zero attached hydrogens (tertiary/aromatic N) is 3. The fraction of sp³-hybridized carbons (Fsp3) is 0.524. The van der Waals surface area contributed by atoms with Crippen molar-refractivity contribution >= 4 is 18.3 Å². The van der Waals surface area contributed by atoms with E-state index in [-0.39, 0.29) is 24.4 Å². The number of nitrogens with one attached hydrogen (secondary N) is 1. The van der Waals surface area contributed by atoms with Crippen molar-refractivity contribution in [2.75, 3.05) is 19.6 Å². The second kappa shape index (κ2) is 9.38. The number of piperazine rings is 1. The average molecular weight is 391 g/mol. The molecule has 1 fully saturated rings. The van der Waals surface area contributed by atoms with Crippen molar-refractivity contribution in [1.29, 1.82) is 0 Å². The molecule has 0 saturated carbocycles. The number of hydrogen-bond donors (Lipinski definition) is 1. The molecule has 2 aromatic rings. The molecule has 1 aromatic carbocycles. The van der Waals surface area contributed by atoms with E-state index in [9.17, 15) is 4.79 Å². The lowest BCUT2D eigenvalue weighted by atomic mass is 10.1. The number of hydrogen-bond acceptors (Lipinski definition) is 3. The topological polar surface area (TPSA) is 50.2 Å². The molecule has 1 N–H and O–H groups in total. The Kier molecular flexibility index (Phi) is 7.45. The standard InChI is InChI=1S/C21H30N4O.ClH/c1-15-5-7-19(8-6-15)14-25-18(4)20(17(3)23-25)9-10-21(26)24-12-11-22-13-16(24)2;/h5-8,16,22H,9-14H2,1-4H3;1H/t16-;/m1./s1. The van der Waals surface area contributed by atoms with Crippen molar-refractivity contribution in [2.24, 2.45) is 0 Å². The molecule has 1 saturated heterocycles. The van der Waals surface area contributed by atoms with Gasteiger partial charge < -0.3 is 10.2 Å². The Hall–Kier alpha value is -1.85. The maximum Gasteiger partial charge on any atom is 0.223 e. The van der Waals surface area contributed by atoms with Crippen LogP contribution in [0, 0.1) is 20.8 Å². The van der Waals surface area contributed by atoms with Crippen molar-refractivity contribution in [3.63, 3.8) is 0 Å². The van der Waals surface area contributed by atoms with E-state index in [0.717, 1.165) is 38.3 Å². The van der Waals surface area contributed by atoms with E-state index in [1.165, 1.54) is 22.4 Å². The van der Waals surface area contributed by atoms with Crippen LogP contribution >= 0.6 is 12.4 Å². The molecule has 3 rings (SSSR count). The molecule has 1 aliphatic rings. The van der Waals surface area contributed by atoms with E-state index in [0.29, 0.717) is 6.42 Å². The van der Waals surface area contributed by atoms with Crippen molar-refractivity contribution in [3.05, 3.63) is 52.3 Å². The third-order valence-electron chi connectivity index (χ3n) is 5.39. The summed E-state index contributed by atoms with van der Waals surface area (Å²) >= 11 is 0. The molecule has 1 aromatic heterocycles. The highest BCUT2D eigenvalue weighted by Crippen LogP contribution is 2.18. The minimum absolute atomic E-state index is 0. The zero-order valence-corrected chi connectivity index (χ0v) is 17.6. The van der Waals surface area contributed by atoms with Crippen LogP contribution in [0.1, 0.15) is 41.4 Å². The highest BCUT2D eigenvalue weighted by atomic mass is 35.5. The summed E-state index contributed by atoms with van der Waals surface area (Å²) in [7, 11) is 0. The molecule has 0 bridgehead atoms. The molecule has 27 heavy (non-hydrogen) atoms. The number of amides is 1. The second-order valence-electron chi connectivity index (χ2n) is 7.43. The minimum Gasteiger partial charge on any atom is -0.337 e. The Balaban J connectivity index is 0.00000261. The van der Waals surface area contributed by atoms with E-state index in [2.05, 4.69) is 55.0 Å². The second-order valence-corrected chi connectivity index (χ2v) is 7.43. The monoisotopic (exact) mass is 390 g/mol. The third kappa shape index (κ3) is 5.11. The predicted molar refractivity (Wildman–Crippen MR) is 112 cm³/mol. The van der Waals surface area contributed by atoms with Gasteiger partial charge in [0, 0.05) is 37.8 Å².